The van der Waals surface area contributed by atoms with Gasteiger partial charge in [0.15, 0.2) is 0 Å². The monoisotopic (exact) mass is 188 g/mol. The molecule has 0 radical (unpaired) electrons. The Balaban J connectivity index is 0. The van der Waals surface area contributed by atoms with Crippen LogP contribution in [0.4, 0.5) is 0 Å². The van der Waals surface area contributed by atoms with Gasteiger partial charge in [0.2, 0.25) is 0 Å². The minimum absolute atomic E-state index is 0. The maximum atomic E-state index is 8.21. The standard InChI is InChI=1S/C3H8OS2.Zn/c4-1-3(6)2-5;/h3-6H,1-2H2;/q;+2. The van der Waals surface area contributed by atoms with Crippen molar-refractivity contribution in [3.8, 4) is 0 Å². The van der Waals surface area contributed by atoms with Crippen molar-refractivity contribution in [2.24, 2.45) is 0 Å². The molecule has 7 heavy (non-hydrogen) atoms. The Morgan fingerprint density at radius 2 is 2.00 bits per heavy atom. The molecule has 1 N–H and O–H groups in total. The zero-order valence-corrected chi connectivity index (χ0v) is 8.80. The number of thiol groups is 2. The van der Waals surface area contributed by atoms with Crippen LogP contribution >= 0.6 is 25.3 Å². The van der Waals surface area contributed by atoms with E-state index >= 15 is 0 Å². The Morgan fingerprint density at radius 1 is 1.57 bits per heavy atom. The van der Waals surface area contributed by atoms with Crippen molar-refractivity contribution in [2.45, 2.75) is 5.25 Å². The van der Waals surface area contributed by atoms with Gasteiger partial charge in [-0.1, -0.05) is 0 Å². The van der Waals surface area contributed by atoms with E-state index in [-0.39, 0.29) is 31.3 Å². The van der Waals surface area contributed by atoms with Crippen LogP contribution in [0.3, 0.4) is 0 Å². The quantitative estimate of drug-likeness (QED) is 0.419. The van der Waals surface area contributed by atoms with E-state index in [1.54, 1.807) is 0 Å². The van der Waals surface area contributed by atoms with Crippen molar-refractivity contribution in [2.75, 3.05) is 12.4 Å². The van der Waals surface area contributed by atoms with Gasteiger partial charge in [-0.15, -0.1) is 0 Å². The molecule has 0 heterocycles. The van der Waals surface area contributed by atoms with Gasteiger partial charge in [0.1, 0.15) is 0 Å². The molecule has 0 aliphatic rings. The Bertz CT molecular complexity index is 32.1. The van der Waals surface area contributed by atoms with Gasteiger partial charge in [0, 0.05) is 11.0 Å². The molecule has 0 saturated carbocycles. The Hall–Kier alpha value is 1.28. The fourth-order valence-electron chi connectivity index (χ4n) is 0.0577. The van der Waals surface area contributed by atoms with Crippen LogP contribution in [0, 0.1) is 0 Å². The molecule has 4 heteroatoms. The molecule has 0 aromatic carbocycles. The molecule has 0 rings (SSSR count). The minimum atomic E-state index is 0. The van der Waals surface area contributed by atoms with E-state index in [1.807, 2.05) is 0 Å². The van der Waals surface area contributed by atoms with Crippen LogP contribution in [0.15, 0.2) is 0 Å². The Kier molecular flexibility index (Phi) is 11.6. The van der Waals surface area contributed by atoms with Gasteiger partial charge in [-0.3, -0.25) is 0 Å². The predicted molar refractivity (Wildman–Crippen MR) is 33.7 cm³/mol. The SMILES string of the molecule is OCC(S)CS.[Zn+2]. The van der Waals surface area contributed by atoms with E-state index in [9.17, 15) is 0 Å². The topological polar surface area (TPSA) is 20.2 Å². The molecule has 0 spiro atoms. The van der Waals surface area contributed by atoms with Gasteiger partial charge < -0.3 is 5.11 Å². The van der Waals surface area contributed by atoms with Crippen molar-refractivity contribution >= 4 is 25.3 Å². The molecule has 0 aliphatic heterocycles. The maximum absolute atomic E-state index is 8.21. The summed E-state index contributed by atoms with van der Waals surface area (Å²) in [5.74, 6) is 0.639. The third kappa shape index (κ3) is 7.28. The molecule has 1 nitrogen and oxygen atoms in total. The molecule has 1 unspecified atom stereocenters. The average Bonchev–Trinajstić information content (AvgIpc) is 1.65. The summed E-state index contributed by atoms with van der Waals surface area (Å²) in [6.07, 6.45) is 0. The summed E-state index contributed by atoms with van der Waals surface area (Å²) >= 11 is 7.76. The zero-order valence-electron chi connectivity index (χ0n) is 4.04. The summed E-state index contributed by atoms with van der Waals surface area (Å²) in [5, 5.41) is 8.26. The van der Waals surface area contributed by atoms with Crippen molar-refractivity contribution in [1.82, 2.24) is 0 Å². The van der Waals surface area contributed by atoms with E-state index in [4.69, 9.17) is 5.11 Å². The summed E-state index contributed by atoms with van der Waals surface area (Å²) < 4.78 is 0. The first-order chi connectivity index (χ1) is 2.81. The van der Waals surface area contributed by atoms with Gasteiger partial charge in [-0.05, 0) is 0 Å². The van der Waals surface area contributed by atoms with Crippen LogP contribution in [-0.4, -0.2) is 22.7 Å². The van der Waals surface area contributed by atoms with Crippen LogP contribution in [0.5, 0.6) is 0 Å². The molecular formula is C3H8OS2Zn+2. The van der Waals surface area contributed by atoms with Crippen LogP contribution in [0.1, 0.15) is 0 Å². The number of hydrogen-bond acceptors (Lipinski definition) is 3. The average molecular weight is 190 g/mol. The van der Waals surface area contributed by atoms with E-state index in [0.29, 0.717) is 5.75 Å². The van der Waals surface area contributed by atoms with Crippen molar-refractivity contribution in [3.63, 3.8) is 0 Å². The predicted octanol–water partition coefficient (Wildman–Crippen LogP) is 0.204. The second-order valence-corrected chi connectivity index (χ2v) is 2.11. The second kappa shape index (κ2) is 7.28. The van der Waals surface area contributed by atoms with E-state index in [2.05, 4.69) is 25.3 Å². The first kappa shape index (κ1) is 11.1. The summed E-state index contributed by atoms with van der Waals surface area (Å²) in [5.41, 5.74) is 0. The van der Waals surface area contributed by atoms with Gasteiger partial charge in [-0.25, -0.2) is 0 Å². The van der Waals surface area contributed by atoms with Gasteiger partial charge >= 0.3 is 19.5 Å². The van der Waals surface area contributed by atoms with E-state index < -0.39 is 0 Å². The summed E-state index contributed by atoms with van der Waals surface area (Å²) in [4.78, 5) is 0. The van der Waals surface area contributed by atoms with Gasteiger partial charge in [-0.2, -0.15) is 25.3 Å². The number of rotatable bonds is 2. The van der Waals surface area contributed by atoms with Gasteiger partial charge in [0.05, 0.1) is 6.61 Å². The van der Waals surface area contributed by atoms with Crippen molar-refractivity contribution in [1.29, 1.82) is 0 Å². The van der Waals surface area contributed by atoms with Crippen LogP contribution < -0.4 is 0 Å². The third-order valence-corrected chi connectivity index (χ3v) is 1.50. The number of hydrogen-bond donors (Lipinski definition) is 3. The smallest absolute Gasteiger partial charge is 0.395 e. The second-order valence-electron chi connectivity index (χ2n) is 1.02. The summed E-state index contributed by atoms with van der Waals surface area (Å²) in [7, 11) is 0. The van der Waals surface area contributed by atoms with Crippen LogP contribution in [-0.2, 0) is 19.5 Å². The first-order valence-electron chi connectivity index (χ1n) is 1.71. The maximum Gasteiger partial charge on any atom is 2.00 e. The van der Waals surface area contributed by atoms with Crippen molar-refractivity contribution in [3.05, 3.63) is 0 Å². The molecular weight excluding hydrogens is 182 g/mol. The fraction of sp³-hybridized carbons (Fsp3) is 1.00. The molecule has 0 amide bonds. The van der Waals surface area contributed by atoms with Crippen molar-refractivity contribution < 1.29 is 24.6 Å². The van der Waals surface area contributed by atoms with Crippen LogP contribution in [0.25, 0.3) is 0 Å². The first-order valence-corrected chi connectivity index (χ1v) is 2.86. The Labute approximate surface area is 67.5 Å². The summed E-state index contributed by atoms with van der Waals surface area (Å²) in [6.45, 7) is 0.118. The number of aliphatic hydroxyl groups is 1. The zero-order chi connectivity index (χ0) is 4.99. The molecule has 0 aromatic heterocycles. The molecule has 38 valence electrons. The largest absolute Gasteiger partial charge is 2.00 e. The molecule has 1 atom stereocenters. The fourth-order valence-corrected chi connectivity index (χ4v) is 0.173. The molecule has 0 bridgehead atoms. The van der Waals surface area contributed by atoms with Gasteiger partial charge in [0.25, 0.3) is 0 Å². The molecule has 0 fully saturated rings. The molecule has 0 aliphatic carbocycles. The number of aliphatic hydroxyl groups excluding tert-OH is 1. The van der Waals surface area contributed by atoms with Crippen LogP contribution in [0.2, 0.25) is 0 Å². The van der Waals surface area contributed by atoms with E-state index in [1.165, 1.54) is 0 Å². The third-order valence-electron chi connectivity index (χ3n) is 0.421. The normalized spacial score (nSPS) is 12.4. The summed E-state index contributed by atoms with van der Waals surface area (Å²) in [6, 6.07) is 0. The van der Waals surface area contributed by atoms with E-state index in [0.717, 1.165) is 0 Å². The minimum Gasteiger partial charge on any atom is -0.395 e. The Morgan fingerprint density at radius 3 is 2.00 bits per heavy atom. The molecule has 0 saturated heterocycles. The molecule has 0 aromatic rings.